The van der Waals surface area contributed by atoms with Gasteiger partial charge < -0.3 is 20.9 Å². The summed E-state index contributed by atoms with van der Waals surface area (Å²) >= 11 is 0. The number of aryl methyl sites for hydroxylation is 1. The molecule has 0 atom stereocenters. The second kappa shape index (κ2) is 8.42. The first-order valence-electron chi connectivity index (χ1n) is 8.83. The number of methoxy groups -OCH3 is 1. The minimum atomic E-state index is -0.583. The van der Waals surface area contributed by atoms with Gasteiger partial charge in [-0.1, -0.05) is 30.9 Å². The number of nitrogens with one attached hydrogen (secondary N) is 1. The molecule has 0 unspecified atom stereocenters. The van der Waals surface area contributed by atoms with Crippen molar-refractivity contribution in [1.29, 1.82) is 0 Å². The minimum Gasteiger partial charge on any atom is -0.495 e. The van der Waals surface area contributed by atoms with E-state index in [4.69, 9.17) is 15.6 Å². The number of hydrogen-bond acceptors (Lipinski definition) is 5. The van der Waals surface area contributed by atoms with Crippen molar-refractivity contribution in [2.45, 2.75) is 13.3 Å². The average molecular weight is 375 g/mol. The summed E-state index contributed by atoms with van der Waals surface area (Å²) in [6.07, 6.45) is 2.39. The van der Waals surface area contributed by atoms with Gasteiger partial charge >= 0.3 is 0 Å². The molecular weight excluding hydrogens is 354 g/mol. The smallest absolute Gasteiger partial charge is 0.252 e. The average Bonchev–Trinajstić information content (AvgIpc) is 2.72. The summed E-state index contributed by atoms with van der Waals surface area (Å²) in [6, 6.07) is 11.5. The second-order valence-electron chi connectivity index (χ2n) is 6.12. The van der Waals surface area contributed by atoms with Crippen LogP contribution >= 0.6 is 0 Å². The van der Waals surface area contributed by atoms with Crippen LogP contribution in [0.25, 0.3) is 10.9 Å². The fourth-order valence-electron chi connectivity index (χ4n) is 2.91. The molecule has 3 rings (SSSR count). The van der Waals surface area contributed by atoms with Crippen LogP contribution in [0.5, 0.6) is 5.75 Å². The molecule has 4 N–H and O–H groups in total. The van der Waals surface area contributed by atoms with Crippen molar-refractivity contribution >= 4 is 28.2 Å². The molecule has 0 fully saturated rings. The van der Waals surface area contributed by atoms with Crippen molar-refractivity contribution in [3.63, 3.8) is 0 Å². The number of amides is 1. The van der Waals surface area contributed by atoms with Gasteiger partial charge in [0.1, 0.15) is 12.4 Å². The number of carbonyl (C=O) groups is 1. The largest absolute Gasteiger partial charge is 0.495 e. The number of pyridine rings is 1. The summed E-state index contributed by atoms with van der Waals surface area (Å²) in [7, 11) is 1.54. The predicted octanol–water partition coefficient (Wildman–Crippen LogP) is 2.99. The van der Waals surface area contributed by atoms with Crippen molar-refractivity contribution in [2.24, 2.45) is 5.73 Å². The predicted molar refractivity (Wildman–Crippen MR) is 110 cm³/mol. The molecule has 0 saturated carbocycles. The van der Waals surface area contributed by atoms with Crippen molar-refractivity contribution in [3.05, 3.63) is 59.3 Å². The Morgan fingerprint density at radius 3 is 2.64 bits per heavy atom. The van der Waals surface area contributed by atoms with Gasteiger partial charge in [-0.3, -0.25) is 9.78 Å². The van der Waals surface area contributed by atoms with E-state index in [1.807, 2.05) is 24.3 Å². The fraction of sp³-hybridized carbons (Fsp3) is 0.182. The highest BCUT2D eigenvalue weighted by Gasteiger charge is 2.16. The Labute approximate surface area is 163 Å². The molecule has 6 heteroatoms. The molecule has 1 heterocycles. The van der Waals surface area contributed by atoms with E-state index in [0.29, 0.717) is 27.9 Å². The van der Waals surface area contributed by atoms with E-state index in [1.165, 1.54) is 18.9 Å². The second-order valence-corrected chi connectivity index (χ2v) is 6.12. The van der Waals surface area contributed by atoms with E-state index in [9.17, 15) is 4.79 Å². The number of carbonyl (C=O) groups excluding carboxylic acids is 1. The van der Waals surface area contributed by atoms with Crippen molar-refractivity contribution in [1.82, 2.24) is 4.98 Å². The van der Waals surface area contributed by atoms with Crippen LogP contribution in [0.15, 0.2) is 42.6 Å². The number of ether oxygens (including phenoxy) is 1. The zero-order valence-electron chi connectivity index (χ0n) is 15.7. The maximum Gasteiger partial charge on any atom is 0.252 e. The monoisotopic (exact) mass is 375 g/mol. The summed E-state index contributed by atoms with van der Waals surface area (Å²) < 4.78 is 5.38. The number of anilines is 2. The Kier molecular flexibility index (Phi) is 5.78. The highest BCUT2D eigenvalue weighted by molar-refractivity contribution is 6.08. The van der Waals surface area contributed by atoms with E-state index < -0.39 is 5.91 Å². The number of aliphatic hydroxyl groups excluding tert-OH is 1. The Morgan fingerprint density at radius 1 is 1.29 bits per heavy atom. The number of fused-ring (bicyclic) bond motifs is 1. The van der Waals surface area contributed by atoms with Crippen LogP contribution in [0.3, 0.4) is 0 Å². The molecule has 1 amide bonds. The third-order valence-electron chi connectivity index (χ3n) is 4.39. The van der Waals surface area contributed by atoms with Gasteiger partial charge in [-0.25, -0.2) is 0 Å². The quantitative estimate of drug-likeness (QED) is 0.596. The van der Waals surface area contributed by atoms with Gasteiger partial charge in [0.05, 0.1) is 29.4 Å². The molecule has 0 spiro atoms. The summed E-state index contributed by atoms with van der Waals surface area (Å²) in [4.78, 5) is 16.3. The van der Waals surface area contributed by atoms with E-state index in [-0.39, 0.29) is 12.2 Å². The van der Waals surface area contributed by atoms with Gasteiger partial charge in [0.25, 0.3) is 5.91 Å². The topological polar surface area (TPSA) is 97.5 Å². The molecule has 0 radical (unpaired) electrons. The minimum absolute atomic E-state index is 0.268. The molecule has 0 aliphatic carbocycles. The number of nitrogens with two attached hydrogens (primary N) is 1. The third-order valence-corrected chi connectivity index (χ3v) is 4.39. The van der Waals surface area contributed by atoms with Gasteiger partial charge in [0, 0.05) is 23.3 Å². The first-order valence-corrected chi connectivity index (χ1v) is 8.83. The van der Waals surface area contributed by atoms with Crippen LogP contribution in [-0.2, 0) is 6.42 Å². The Bertz CT molecular complexity index is 1080. The number of nitrogens with zero attached hydrogens (tertiary/aromatic N) is 1. The van der Waals surface area contributed by atoms with Crippen molar-refractivity contribution < 1.29 is 14.6 Å². The van der Waals surface area contributed by atoms with Gasteiger partial charge in [-0.05, 0) is 30.2 Å². The summed E-state index contributed by atoms with van der Waals surface area (Å²) in [5.74, 6) is 5.43. The lowest BCUT2D eigenvalue weighted by Crippen LogP contribution is -2.14. The van der Waals surface area contributed by atoms with Crippen LogP contribution in [0.4, 0.5) is 11.4 Å². The summed E-state index contributed by atoms with van der Waals surface area (Å²) in [6.45, 7) is 1.82. The fourth-order valence-corrected chi connectivity index (χ4v) is 2.91. The summed E-state index contributed by atoms with van der Waals surface area (Å²) in [5, 5.41) is 13.0. The normalized spacial score (nSPS) is 10.2. The van der Waals surface area contributed by atoms with Crippen molar-refractivity contribution in [2.75, 3.05) is 19.0 Å². The Balaban J connectivity index is 2.20. The van der Waals surface area contributed by atoms with Crippen LogP contribution in [-0.4, -0.2) is 29.7 Å². The van der Waals surface area contributed by atoms with E-state index in [2.05, 4.69) is 29.1 Å². The van der Waals surface area contributed by atoms with Crippen LogP contribution in [0.2, 0.25) is 0 Å². The van der Waals surface area contributed by atoms with E-state index in [1.54, 1.807) is 12.1 Å². The molecule has 6 nitrogen and oxygen atoms in total. The first-order chi connectivity index (χ1) is 13.6. The SMILES string of the molecule is CCc1ccc(Nc2c(C(N)=O)cnc3cc(OC)c(C#CCO)cc23)cc1. The van der Waals surface area contributed by atoms with E-state index in [0.717, 1.165) is 12.1 Å². The third kappa shape index (κ3) is 3.90. The molecule has 1 aromatic heterocycles. The maximum absolute atomic E-state index is 12.0. The van der Waals surface area contributed by atoms with Crippen LogP contribution in [0, 0.1) is 11.8 Å². The first kappa shape index (κ1) is 19.2. The zero-order valence-corrected chi connectivity index (χ0v) is 15.7. The molecule has 0 aliphatic heterocycles. The molecular formula is C22H21N3O3. The number of rotatable bonds is 5. The number of aliphatic hydroxyl groups is 1. The lowest BCUT2D eigenvalue weighted by atomic mass is 10.0. The number of hydrogen-bond donors (Lipinski definition) is 3. The lowest BCUT2D eigenvalue weighted by Gasteiger charge is -2.15. The highest BCUT2D eigenvalue weighted by Crippen LogP contribution is 2.33. The van der Waals surface area contributed by atoms with Crippen molar-refractivity contribution in [3.8, 4) is 17.6 Å². The van der Waals surface area contributed by atoms with Crippen LogP contribution < -0.4 is 15.8 Å². The van der Waals surface area contributed by atoms with Gasteiger partial charge in [0.15, 0.2) is 0 Å². The number of benzene rings is 2. The molecule has 142 valence electrons. The van der Waals surface area contributed by atoms with E-state index >= 15 is 0 Å². The lowest BCUT2D eigenvalue weighted by molar-refractivity contribution is 0.100. The van der Waals surface area contributed by atoms with Crippen LogP contribution in [0.1, 0.15) is 28.4 Å². The highest BCUT2D eigenvalue weighted by atomic mass is 16.5. The molecule has 28 heavy (non-hydrogen) atoms. The molecule has 2 aromatic carbocycles. The molecule has 0 bridgehead atoms. The zero-order chi connectivity index (χ0) is 20.1. The van der Waals surface area contributed by atoms with Gasteiger partial charge in [0.2, 0.25) is 0 Å². The summed E-state index contributed by atoms with van der Waals surface area (Å²) in [5.41, 5.74) is 9.65. The molecule has 0 aliphatic rings. The Morgan fingerprint density at radius 2 is 2.04 bits per heavy atom. The molecule has 0 saturated heterocycles. The van der Waals surface area contributed by atoms with Gasteiger partial charge in [-0.2, -0.15) is 0 Å². The number of primary amides is 1. The maximum atomic E-state index is 12.0. The molecule has 3 aromatic rings. The number of aromatic nitrogens is 1. The Hall–Kier alpha value is -3.56. The van der Waals surface area contributed by atoms with Gasteiger partial charge in [-0.15, -0.1) is 0 Å². The standard InChI is InChI=1S/C22H21N3O3/c1-3-14-6-8-16(9-7-14)25-21-17-11-15(5-4-10-26)20(28-2)12-19(17)24-13-18(21)22(23)27/h6-9,11-13,26H,3,10H2,1-2H3,(H2,23,27)(H,24,25).